The standard InChI is InChI=1S/C14H15FN2O3/c1-9(16-14(19)12-6-7-20-17-12)8-13(18)10-2-4-11(15)5-3-10/h2-7,9,13,18H,8H2,1H3,(H,16,19). The molecule has 2 atom stereocenters. The van der Waals surface area contributed by atoms with Gasteiger partial charge in [0.25, 0.3) is 5.91 Å². The molecular formula is C14H15FN2O3. The largest absolute Gasteiger partial charge is 0.388 e. The Morgan fingerprint density at radius 3 is 2.70 bits per heavy atom. The van der Waals surface area contributed by atoms with Crippen molar-refractivity contribution in [3.63, 3.8) is 0 Å². The smallest absolute Gasteiger partial charge is 0.273 e. The van der Waals surface area contributed by atoms with E-state index in [0.717, 1.165) is 0 Å². The van der Waals surface area contributed by atoms with Crippen LogP contribution in [0.4, 0.5) is 4.39 Å². The summed E-state index contributed by atoms with van der Waals surface area (Å²) in [7, 11) is 0. The van der Waals surface area contributed by atoms with Crippen molar-refractivity contribution in [3.8, 4) is 0 Å². The average Bonchev–Trinajstić information content (AvgIpc) is 2.93. The minimum Gasteiger partial charge on any atom is -0.388 e. The molecule has 106 valence electrons. The highest BCUT2D eigenvalue weighted by atomic mass is 19.1. The lowest BCUT2D eigenvalue weighted by Crippen LogP contribution is -2.33. The second-order valence-corrected chi connectivity index (χ2v) is 4.56. The van der Waals surface area contributed by atoms with Crippen LogP contribution in [0.2, 0.25) is 0 Å². The zero-order valence-electron chi connectivity index (χ0n) is 10.9. The zero-order valence-corrected chi connectivity index (χ0v) is 10.9. The van der Waals surface area contributed by atoms with Gasteiger partial charge in [0.05, 0.1) is 6.10 Å². The predicted molar refractivity (Wildman–Crippen MR) is 69.4 cm³/mol. The maximum Gasteiger partial charge on any atom is 0.273 e. The predicted octanol–water partition coefficient (Wildman–Crippen LogP) is 2.06. The van der Waals surface area contributed by atoms with Crippen LogP contribution in [0.3, 0.4) is 0 Å². The Hall–Kier alpha value is -2.21. The molecule has 1 heterocycles. The lowest BCUT2D eigenvalue weighted by atomic mass is 10.0. The van der Waals surface area contributed by atoms with Gasteiger partial charge in [-0.05, 0) is 31.0 Å². The van der Waals surface area contributed by atoms with Gasteiger partial charge in [0.2, 0.25) is 0 Å². The highest BCUT2D eigenvalue weighted by Gasteiger charge is 2.16. The van der Waals surface area contributed by atoms with Crippen molar-refractivity contribution in [1.29, 1.82) is 0 Å². The van der Waals surface area contributed by atoms with Crippen molar-refractivity contribution >= 4 is 5.91 Å². The fraction of sp³-hybridized carbons (Fsp3) is 0.286. The van der Waals surface area contributed by atoms with Crippen molar-refractivity contribution in [2.45, 2.75) is 25.5 Å². The van der Waals surface area contributed by atoms with E-state index in [1.54, 1.807) is 6.92 Å². The number of halogens is 1. The Balaban J connectivity index is 1.89. The summed E-state index contributed by atoms with van der Waals surface area (Å²) < 4.78 is 17.4. The number of carbonyl (C=O) groups is 1. The molecule has 0 fully saturated rings. The Labute approximate surface area is 115 Å². The first kappa shape index (κ1) is 14.2. The quantitative estimate of drug-likeness (QED) is 0.877. The summed E-state index contributed by atoms with van der Waals surface area (Å²) in [6.45, 7) is 1.77. The summed E-state index contributed by atoms with van der Waals surface area (Å²) in [6.07, 6.45) is 0.852. The number of rotatable bonds is 5. The second kappa shape index (κ2) is 6.29. The third kappa shape index (κ3) is 3.64. The van der Waals surface area contributed by atoms with Gasteiger partial charge < -0.3 is 14.9 Å². The molecule has 2 N–H and O–H groups in total. The number of aliphatic hydroxyl groups excluding tert-OH is 1. The van der Waals surface area contributed by atoms with Crippen molar-refractivity contribution in [1.82, 2.24) is 10.5 Å². The van der Waals surface area contributed by atoms with E-state index in [1.807, 2.05) is 0 Å². The maximum absolute atomic E-state index is 12.8. The number of hydrogen-bond acceptors (Lipinski definition) is 4. The van der Waals surface area contributed by atoms with Gasteiger partial charge >= 0.3 is 0 Å². The Kier molecular flexibility index (Phi) is 4.47. The number of aliphatic hydroxyl groups is 1. The number of nitrogens with zero attached hydrogens (tertiary/aromatic N) is 1. The molecule has 0 spiro atoms. The summed E-state index contributed by atoms with van der Waals surface area (Å²) in [5.41, 5.74) is 0.794. The monoisotopic (exact) mass is 278 g/mol. The van der Waals surface area contributed by atoms with Crippen LogP contribution in [0.15, 0.2) is 41.1 Å². The summed E-state index contributed by atoms with van der Waals surface area (Å²) in [5.74, 6) is -0.717. The van der Waals surface area contributed by atoms with Crippen molar-refractivity contribution in [2.24, 2.45) is 0 Å². The third-order valence-electron chi connectivity index (χ3n) is 2.88. The van der Waals surface area contributed by atoms with Crippen LogP contribution in [-0.2, 0) is 0 Å². The topological polar surface area (TPSA) is 75.4 Å². The molecule has 0 saturated heterocycles. The number of nitrogens with one attached hydrogen (secondary N) is 1. The van der Waals surface area contributed by atoms with E-state index in [1.165, 1.54) is 36.6 Å². The second-order valence-electron chi connectivity index (χ2n) is 4.56. The summed E-state index contributed by atoms with van der Waals surface area (Å²) in [6, 6.07) is 6.81. The number of benzene rings is 1. The first-order chi connectivity index (χ1) is 9.56. The van der Waals surface area contributed by atoms with E-state index < -0.39 is 6.10 Å². The molecule has 2 unspecified atom stereocenters. The van der Waals surface area contributed by atoms with Crippen LogP contribution >= 0.6 is 0 Å². The van der Waals surface area contributed by atoms with Crippen molar-refractivity contribution in [3.05, 3.63) is 53.7 Å². The first-order valence-corrected chi connectivity index (χ1v) is 6.21. The highest BCUT2D eigenvalue weighted by molar-refractivity contribution is 5.92. The van der Waals surface area contributed by atoms with Crippen LogP contribution in [-0.4, -0.2) is 22.2 Å². The third-order valence-corrected chi connectivity index (χ3v) is 2.88. The van der Waals surface area contributed by atoms with Gasteiger partial charge in [-0.2, -0.15) is 0 Å². The molecule has 20 heavy (non-hydrogen) atoms. The van der Waals surface area contributed by atoms with Crippen LogP contribution in [0.1, 0.15) is 35.5 Å². The molecule has 1 amide bonds. The molecule has 0 bridgehead atoms. The van der Waals surface area contributed by atoms with Gasteiger partial charge in [-0.25, -0.2) is 4.39 Å². The molecule has 0 aliphatic heterocycles. The van der Waals surface area contributed by atoms with E-state index in [0.29, 0.717) is 12.0 Å². The van der Waals surface area contributed by atoms with E-state index in [4.69, 9.17) is 0 Å². The molecule has 0 aliphatic rings. The van der Waals surface area contributed by atoms with Gasteiger partial charge in [0.1, 0.15) is 12.1 Å². The number of hydrogen-bond donors (Lipinski definition) is 2. The van der Waals surface area contributed by atoms with Gasteiger partial charge in [0.15, 0.2) is 5.69 Å². The van der Waals surface area contributed by atoms with Crippen molar-refractivity contribution in [2.75, 3.05) is 0 Å². The number of carbonyl (C=O) groups excluding carboxylic acids is 1. The molecule has 2 aromatic rings. The summed E-state index contributed by atoms with van der Waals surface area (Å²) in [5, 5.41) is 16.2. The minimum atomic E-state index is -0.775. The first-order valence-electron chi connectivity index (χ1n) is 6.21. The van der Waals surface area contributed by atoms with E-state index in [9.17, 15) is 14.3 Å². The molecular weight excluding hydrogens is 263 g/mol. The average molecular weight is 278 g/mol. The van der Waals surface area contributed by atoms with E-state index >= 15 is 0 Å². The SMILES string of the molecule is CC(CC(O)c1ccc(F)cc1)NC(=O)c1ccon1. The van der Waals surface area contributed by atoms with Gasteiger partial charge in [-0.1, -0.05) is 17.3 Å². The summed E-state index contributed by atoms with van der Waals surface area (Å²) >= 11 is 0. The Morgan fingerprint density at radius 1 is 1.40 bits per heavy atom. The normalized spacial score (nSPS) is 13.8. The fourth-order valence-electron chi connectivity index (χ4n) is 1.84. The molecule has 1 aromatic carbocycles. The zero-order chi connectivity index (χ0) is 14.5. The number of amides is 1. The van der Waals surface area contributed by atoms with Crippen LogP contribution in [0, 0.1) is 5.82 Å². The fourth-order valence-corrected chi connectivity index (χ4v) is 1.84. The lowest BCUT2D eigenvalue weighted by molar-refractivity contribution is 0.0908. The molecule has 1 aromatic heterocycles. The van der Waals surface area contributed by atoms with Crippen LogP contribution < -0.4 is 5.32 Å². The highest BCUT2D eigenvalue weighted by Crippen LogP contribution is 2.18. The van der Waals surface area contributed by atoms with Crippen LogP contribution in [0.25, 0.3) is 0 Å². The maximum atomic E-state index is 12.8. The molecule has 0 saturated carbocycles. The molecule has 0 radical (unpaired) electrons. The van der Waals surface area contributed by atoms with Crippen LogP contribution in [0.5, 0.6) is 0 Å². The number of aromatic nitrogens is 1. The van der Waals surface area contributed by atoms with Gasteiger partial charge in [-0.15, -0.1) is 0 Å². The Bertz CT molecular complexity index is 554. The van der Waals surface area contributed by atoms with Gasteiger partial charge in [0, 0.05) is 12.1 Å². The Morgan fingerprint density at radius 2 is 2.10 bits per heavy atom. The lowest BCUT2D eigenvalue weighted by Gasteiger charge is -2.17. The molecule has 5 nitrogen and oxygen atoms in total. The van der Waals surface area contributed by atoms with Crippen molar-refractivity contribution < 1.29 is 18.8 Å². The van der Waals surface area contributed by atoms with E-state index in [2.05, 4.69) is 15.0 Å². The van der Waals surface area contributed by atoms with E-state index in [-0.39, 0.29) is 23.5 Å². The minimum absolute atomic E-state index is 0.188. The van der Waals surface area contributed by atoms with Gasteiger partial charge in [-0.3, -0.25) is 4.79 Å². The molecule has 2 rings (SSSR count). The summed E-state index contributed by atoms with van der Waals surface area (Å²) in [4.78, 5) is 11.7. The molecule has 6 heteroatoms. The molecule has 0 aliphatic carbocycles.